The van der Waals surface area contributed by atoms with Crippen LogP contribution in [0.3, 0.4) is 0 Å². The van der Waals surface area contributed by atoms with E-state index in [9.17, 15) is 4.79 Å². The minimum Gasteiger partial charge on any atom is -0.370 e. The maximum Gasteiger partial charge on any atom is 0.133 e. The lowest BCUT2D eigenvalue weighted by Gasteiger charge is -2.52. The van der Waals surface area contributed by atoms with E-state index in [4.69, 9.17) is 4.74 Å². The van der Waals surface area contributed by atoms with E-state index in [0.717, 1.165) is 42.9 Å². The second kappa shape index (κ2) is 7.92. The molecule has 9 atom stereocenters. The van der Waals surface area contributed by atoms with Gasteiger partial charge >= 0.3 is 0 Å². The van der Waals surface area contributed by atoms with Gasteiger partial charge in [-0.15, -0.1) is 0 Å². The number of fused-ring (bicyclic) bond motifs is 6. The molecule has 0 bridgehead atoms. The zero-order valence-electron chi connectivity index (χ0n) is 21.9. The first kappa shape index (κ1) is 22.8. The molecule has 2 saturated heterocycles. The molecule has 2 heterocycles. The maximum absolute atomic E-state index is 12.2. The number of carbonyl (C=O) groups is 1. The number of piperidine rings is 1. The molecule has 1 spiro atoms. The molecule has 2 unspecified atom stereocenters. The van der Waals surface area contributed by atoms with Crippen LogP contribution in [0.2, 0.25) is 0 Å². The third kappa shape index (κ3) is 3.53. The standard InChI is InChI=1S/C30H47NO2/c1-18(2)31-17-19(3)12-28-27(31)16-30(33-28)11-9-23-24-7-6-21-13-22(32)8-10-29(21,5)26(24)14-25(23)20(4)15-30/h18-19,21,23-24,26-28H,6-17H2,1-5H3/t19-,21+,23?,24-,26?,27-,28+,29-,30-/m0/s1. The number of Topliss-reactive ketones (excluding diaryl/α,β-unsaturated/α-hetero) is 1. The van der Waals surface area contributed by atoms with Gasteiger partial charge in [0.05, 0.1) is 11.7 Å². The van der Waals surface area contributed by atoms with Crippen LogP contribution in [0.25, 0.3) is 0 Å². The van der Waals surface area contributed by atoms with Crippen LogP contribution in [-0.2, 0) is 9.53 Å². The number of ketones is 1. The number of carbonyl (C=O) groups excluding carboxylic acids is 1. The van der Waals surface area contributed by atoms with Gasteiger partial charge in [0.2, 0.25) is 0 Å². The van der Waals surface area contributed by atoms with Gasteiger partial charge in [-0.2, -0.15) is 0 Å². The number of hydrogen-bond donors (Lipinski definition) is 0. The van der Waals surface area contributed by atoms with Gasteiger partial charge < -0.3 is 4.74 Å². The van der Waals surface area contributed by atoms with Gasteiger partial charge in [0, 0.05) is 31.5 Å². The van der Waals surface area contributed by atoms with E-state index in [1.54, 1.807) is 5.57 Å². The van der Waals surface area contributed by atoms with Gasteiger partial charge in [-0.25, -0.2) is 0 Å². The zero-order chi connectivity index (χ0) is 23.1. The first-order valence-corrected chi connectivity index (χ1v) is 14.3. The van der Waals surface area contributed by atoms with Crippen molar-refractivity contribution in [1.82, 2.24) is 4.90 Å². The summed E-state index contributed by atoms with van der Waals surface area (Å²) in [4.78, 5) is 15.0. The van der Waals surface area contributed by atoms with E-state index in [1.807, 2.05) is 5.57 Å². The highest BCUT2D eigenvalue weighted by atomic mass is 16.5. The molecule has 0 aromatic heterocycles. The summed E-state index contributed by atoms with van der Waals surface area (Å²) >= 11 is 0. The van der Waals surface area contributed by atoms with Crippen molar-refractivity contribution in [2.24, 2.45) is 35.0 Å². The van der Waals surface area contributed by atoms with Crippen LogP contribution < -0.4 is 0 Å². The molecule has 0 amide bonds. The molecule has 5 fully saturated rings. The fraction of sp³-hybridized carbons (Fsp3) is 0.900. The predicted molar refractivity (Wildman–Crippen MR) is 133 cm³/mol. The second-order valence-corrected chi connectivity index (χ2v) is 13.9. The average molecular weight is 454 g/mol. The SMILES string of the molecule is CC1=C2CC3[C@@H](CC[C@@H]4CC(=O)CC[C@]34C)C2CC[C@]2(C1)C[C@H]1[C@@H](C[C@H](C)CN1C(C)C)O2. The molecule has 4 aliphatic carbocycles. The number of nitrogens with zero attached hydrogens (tertiary/aromatic N) is 1. The van der Waals surface area contributed by atoms with Crippen molar-refractivity contribution >= 4 is 5.78 Å². The lowest BCUT2D eigenvalue weighted by Crippen LogP contribution is -2.51. The smallest absolute Gasteiger partial charge is 0.133 e. The van der Waals surface area contributed by atoms with Gasteiger partial charge in [-0.3, -0.25) is 9.69 Å². The van der Waals surface area contributed by atoms with Gasteiger partial charge in [0.1, 0.15) is 5.78 Å². The zero-order valence-corrected chi connectivity index (χ0v) is 21.9. The molecule has 6 rings (SSSR count). The molecule has 0 aromatic rings. The summed E-state index contributed by atoms with van der Waals surface area (Å²) in [6.07, 6.45) is 13.5. The van der Waals surface area contributed by atoms with Crippen molar-refractivity contribution in [3.63, 3.8) is 0 Å². The number of rotatable bonds is 1. The largest absolute Gasteiger partial charge is 0.370 e. The molecule has 0 N–H and O–H groups in total. The molecule has 3 saturated carbocycles. The lowest BCUT2D eigenvalue weighted by atomic mass is 9.52. The fourth-order valence-electron chi connectivity index (χ4n) is 10.1. The molecule has 6 aliphatic rings. The Balaban J connectivity index is 1.25. The third-order valence-electron chi connectivity index (χ3n) is 11.7. The Morgan fingerprint density at radius 3 is 2.73 bits per heavy atom. The van der Waals surface area contributed by atoms with Crippen molar-refractivity contribution in [3.8, 4) is 0 Å². The number of allylic oxidation sites excluding steroid dienone is 1. The van der Waals surface area contributed by atoms with Gasteiger partial charge in [0.25, 0.3) is 0 Å². The molecule has 3 nitrogen and oxygen atoms in total. The molecule has 3 heteroatoms. The fourth-order valence-corrected chi connectivity index (χ4v) is 10.1. The summed E-state index contributed by atoms with van der Waals surface area (Å²) < 4.78 is 7.10. The third-order valence-corrected chi connectivity index (χ3v) is 11.7. The number of hydrogen-bond acceptors (Lipinski definition) is 3. The molecule has 2 aliphatic heterocycles. The Labute approximate surface area is 202 Å². The summed E-state index contributed by atoms with van der Waals surface area (Å²) in [6, 6.07) is 1.24. The van der Waals surface area contributed by atoms with Crippen molar-refractivity contribution in [2.45, 2.75) is 129 Å². The van der Waals surface area contributed by atoms with E-state index >= 15 is 0 Å². The maximum atomic E-state index is 12.2. The average Bonchev–Trinajstić information content (AvgIpc) is 3.27. The summed E-state index contributed by atoms with van der Waals surface area (Å²) in [6.45, 7) is 13.4. The van der Waals surface area contributed by atoms with E-state index < -0.39 is 0 Å². The van der Waals surface area contributed by atoms with Crippen LogP contribution in [0.1, 0.15) is 105 Å². The number of likely N-dealkylation sites (tertiary alicyclic amines) is 1. The van der Waals surface area contributed by atoms with E-state index in [1.165, 1.54) is 57.9 Å². The van der Waals surface area contributed by atoms with E-state index in [-0.39, 0.29) is 5.60 Å². The van der Waals surface area contributed by atoms with E-state index in [2.05, 4.69) is 39.5 Å². The molecule has 184 valence electrons. The number of ether oxygens (including phenoxy) is 1. The van der Waals surface area contributed by atoms with Crippen molar-refractivity contribution in [1.29, 1.82) is 0 Å². The summed E-state index contributed by atoms with van der Waals surface area (Å²) in [5.41, 5.74) is 4.00. The van der Waals surface area contributed by atoms with Crippen LogP contribution in [0.5, 0.6) is 0 Å². The van der Waals surface area contributed by atoms with Gasteiger partial charge in [-0.05, 0) is 114 Å². The topological polar surface area (TPSA) is 29.5 Å². The highest BCUT2D eigenvalue weighted by Crippen LogP contribution is 2.64. The molecular weight excluding hydrogens is 406 g/mol. The van der Waals surface area contributed by atoms with Crippen LogP contribution >= 0.6 is 0 Å². The highest BCUT2D eigenvalue weighted by Gasteiger charge is 2.58. The van der Waals surface area contributed by atoms with E-state index in [0.29, 0.717) is 35.3 Å². The lowest BCUT2D eigenvalue weighted by molar-refractivity contribution is -0.129. The second-order valence-electron chi connectivity index (χ2n) is 13.9. The highest BCUT2D eigenvalue weighted by molar-refractivity contribution is 5.79. The van der Waals surface area contributed by atoms with Crippen molar-refractivity contribution < 1.29 is 9.53 Å². The molecule has 0 radical (unpaired) electrons. The van der Waals surface area contributed by atoms with Gasteiger partial charge in [0.15, 0.2) is 0 Å². The summed E-state index contributed by atoms with van der Waals surface area (Å²) in [5.74, 6) is 4.39. The summed E-state index contributed by atoms with van der Waals surface area (Å²) in [5, 5.41) is 0. The predicted octanol–water partition coefficient (Wildman–Crippen LogP) is 6.55. The molecule has 33 heavy (non-hydrogen) atoms. The van der Waals surface area contributed by atoms with Crippen molar-refractivity contribution in [2.75, 3.05) is 6.54 Å². The quantitative estimate of drug-likeness (QED) is 0.421. The molecule has 0 aromatic carbocycles. The Kier molecular flexibility index (Phi) is 5.46. The van der Waals surface area contributed by atoms with Crippen LogP contribution in [-0.4, -0.2) is 41.0 Å². The van der Waals surface area contributed by atoms with Crippen LogP contribution in [0, 0.1) is 35.0 Å². The Hall–Kier alpha value is -0.670. The van der Waals surface area contributed by atoms with Crippen molar-refractivity contribution in [3.05, 3.63) is 11.1 Å². The Bertz CT molecular complexity index is 846. The molecular formula is C30H47NO2. The Morgan fingerprint density at radius 1 is 1.12 bits per heavy atom. The van der Waals surface area contributed by atoms with Crippen LogP contribution in [0.15, 0.2) is 11.1 Å². The first-order chi connectivity index (χ1) is 15.7. The summed E-state index contributed by atoms with van der Waals surface area (Å²) in [7, 11) is 0. The Morgan fingerprint density at radius 2 is 1.94 bits per heavy atom. The minimum atomic E-state index is 0.0851. The monoisotopic (exact) mass is 453 g/mol. The normalized spacial score (nSPS) is 50.2. The minimum absolute atomic E-state index is 0.0851. The van der Waals surface area contributed by atoms with Crippen LogP contribution in [0.4, 0.5) is 0 Å². The van der Waals surface area contributed by atoms with Gasteiger partial charge in [-0.1, -0.05) is 25.0 Å². The first-order valence-electron chi connectivity index (χ1n) is 14.3.